The van der Waals surface area contributed by atoms with Crippen LogP contribution in [0.2, 0.25) is 0 Å². The van der Waals surface area contributed by atoms with Gasteiger partial charge in [-0.2, -0.15) is 0 Å². The Kier molecular flexibility index (Phi) is 4.62. The second-order valence-electron chi connectivity index (χ2n) is 4.11. The van der Waals surface area contributed by atoms with E-state index in [4.69, 9.17) is 10.1 Å². The zero-order valence-corrected chi connectivity index (χ0v) is 11.7. The number of nitrogens with one attached hydrogen (secondary N) is 2. The number of ether oxygens (including phenoxy) is 2. The van der Waals surface area contributed by atoms with E-state index in [1.165, 1.54) is 18.9 Å². The summed E-state index contributed by atoms with van der Waals surface area (Å²) < 4.78 is 9.73. The van der Waals surface area contributed by atoms with Crippen molar-refractivity contribution in [2.75, 3.05) is 13.7 Å². The molecule has 6 nitrogen and oxygen atoms in total. The first-order valence-electron chi connectivity index (χ1n) is 5.93. The van der Waals surface area contributed by atoms with E-state index in [1.54, 1.807) is 6.08 Å². The highest BCUT2D eigenvalue weighted by Gasteiger charge is 2.27. The molecular weight excluding hydrogens is 280 g/mol. The minimum Gasteiger partial charge on any atom is -0.482 e. The summed E-state index contributed by atoms with van der Waals surface area (Å²) in [6, 6.07) is 0. The van der Waals surface area contributed by atoms with Crippen LogP contribution in [0.15, 0.2) is 35.6 Å². The van der Waals surface area contributed by atoms with E-state index < -0.39 is 5.97 Å². The van der Waals surface area contributed by atoms with Crippen LogP contribution in [0.1, 0.15) is 6.42 Å². The summed E-state index contributed by atoms with van der Waals surface area (Å²) in [5, 5.41) is 9.65. The number of carbonyl (C=O) groups is 2. The number of allylic oxidation sites excluding steroid dienone is 4. The molecule has 2 aliphatic rings. The van der Waals surface area contributed by atoms with E-state index in [9.17, 15) is 9.59 Å². The van der Waals surface area contributed by atoms with Crippen molar-refractivity contribution in [2.24, 2.45) is 0 Å². The summed E-state index contributed by atoms with van der Waals surface area (Å²) in [6.07, 6.45) is 7.84. The first kappa shape index (κ1) is 14.4. The first-order valence-corrected chi connectivity index (χ1v) is 6.81. The second kappa shape index (κ2) is 6.42. The Morgan fingerprint density at radius 1 is 1.60 bits per heavy atom. The van der Waals surface area contributed by atoms with Crippen LogP contribution in [-0.4, -0.2) is 36.0 Å². The Morgan fingerprint density at radius 2 is 2.40 bits per heavy atom. The van der Waals surface area contributed by atoms with Crippen molar-refractivity contribution < 1.29 is 19.1 Å². The molecule has 1 aliphatic heterocycles. The third kappa shape index (κ3) is 3.74. The van der Waals surface area contributed by atoms with E-state index in [1.807, 2.05) is 18.2 Å². The van der Waals surface area contributed by atoms with Crippen LogP contribution in [0.3, 0.4) is 0 Å². The minimum atomic E-state index is -0.432. The zero-order chi connectivity index (χ0) is 14.5. The maximum atomic E-state index is 11.5. The van der Waals surface area contributed by atoms with Gasteiger partial charge in [0, 0.05) is 0 Å². The van der Waals surface area contributed by atoms with E-state index in [0.29, 0.717) is 12.2 Å². The number of esters is 1. The Hall–Kier alpha value is -2.02. The van der Waals surface area contributed by atoms with Crippen LogP contribution in [0.25, 0.3) is 0 Å². The van der Waals surface area contributed by atoms with Crippen LogP contribution in [0.4, 0.5) is 0 Å². The molecule has 20 heavy (non-hydrogen) atoms. The van der Waals surface area contributed by atoms with Crippen LogP contribution >= 0.6 is 11.8 Å². The molecule has 0 bridgehead atoms. The molecule has 1 saturated heterocycles. The lowest BCUT2D eigenvalue weighted by molar-refractivity contribution is -0.144. The van der Waals surface area contributed by atoms with Crippen molar-refractivity contribution in [2.45, 2.75) is 11.7 Å². The Bertz CT molecular complexity index is 536. The highest BCUT2D eigenvalue weighted by atomic mass is 32.2. The molecule has 106 valence electrons. The average Bonchev–Trinajstić information content (AvgIpc) is 2.75. The van der Waals surface area contributed by atoms with E-state index in [-0.39, 0.29) is 22.9 Å². The zero-order valence-electron chi connectivity index (χ0n) is 10.8. The van der Waals surface area contributed by atoms with Crippen molar-refractivity contribution in [3.05, 3.63) is 35.6 Å². The quantitative estimate of drug-likeness (QED) is 0.758. The van der Waals surface area contributed by atoms with Gasteiger partial charge < -0.3 is 14.8 Å². The summed E-state index contributed by atoms with van der Waals surface area (Å²) in [6.45, 7) is -0.121. The highest BCUT2D eigenvalue weighted by Crippen LogP contribution is 2.24. The fourth-order valence-electron chi connectivity index (χ4n) is 1.67. The van der Waals surface area contributed by atoms with Crippen LogP contribution < -0.4 is 5.32 Å². The van der Waals surface area contributed by atoms with Gasteiger partial charge in [-0.1, -0.05) is 23.9 Å². The van der Waals surface area contributed by atoms with Gasteiger partial charge in [-0.3, -0.25) is 10.2 Å². The Morgan fingerprint density at radius 3 is 2.95 bits per heavy atom. The van der Waals surface area contributed by atoms with Gasteiger partial charge in [0.1, 0.15) is 11.0 Å². The van der Waals surface area contributed by atoms with E-state index in [0.717, 1.165) is 5.57 Å². The van der Waals surface area contributed by atoms with E-state index >= 15 is 0 Å². The summed E-state index contributed by atoms with van der Waals surface area (Å²) in [7, 11) is 1.31. The molecule has 1 unspecified atom stereocenters. The molecule has 1 amide bonds. The van der Waals surface area contributed by atoms with Crippen LogP contribution in [0.5, 0.6) is 0 Å². The number of carbonyl (C=O) groups excluding carboxylic acids is 2. The van der Waals surface area contributed by atoms with Gasteiger partial charge in [0.25, 0.3) is 0 Å². The SMILES string of the molecule is COC(=O)COC1=CCC(=CC2SC(=N)NC2=O)C=C1. The van der Waals surface area contributed by atoms with Gasteiger partial charge in [-0.25, -0.2) is 4.79 Å². The predicted octanol–water partition coefficient (Wildman–Crippen LogP) is 1.11. The van der Waals surface area contributed by atoms with Crippen molar-refractivity contribution >= 4 is 28.8 Å². The lowest BCUT2D eigenvalue weighted by Crippen LogP contribution is -2.23. The van der Waals surface area contributed by atoms with Crippen molar-refractivity contribution in [1.82, 2.24) is 5.32 Å². The van der Waals surface area contributed by atoms with Gasteiger partial charge in [-0.05, 0) is 24.1 Å². The van der Waals surface area contributed by atoms with Crippen molar-refractivity contribution in [1.29, 1.82) is 5.41 Å². The number of rotatable bonds is 4. The number of amides is 1. The monoisotopic (exact) mass is 294 g/mol. The molecule has 0 aromatic heterocycles. The Balaban J connectivity index is 1.89. The number of hydrogen-bond donors (Lipinski definition) is 2. The van der Waals surface area contributed by atoms with Gasteiger partial charge >= 0.3 is 5.97 Å². The normalized spacial score (nSPS) is 23.6. The molecule has 2 N–H and O–H groups in total. The Labute approximate surface area is 120 Å². The smallest absolute Gasteiger partial charge is 0.343 e. The van der Waals surface area contributed by atoms with Gasteiger partial charge in [0.15, 0.2) is 11.8 Å². The minimum absolute atomic E-state index is 0.121. The maximum Gasteiger partial charge on any atom is 0.343 e. The maximum absolute atomic E-state index is 11.5. The van der Waals surface area contributed by atoms with Crippen molar-refractivity contribution in [3.63, 3.8) is 0 Å². The molecule has 2 rings (SSSR count). The fraction of sp³-hybridized carbons (Fsp3) is 0.308. The van der Waals surface area contributed by atoms with Crippen molar-refractivity contribution in [3.8, 4) is 0 Å². The lowest BCUT2D eigenvalue weighted by Gasteiger charge is -2.11. The molecule has 1 atom stereocenters. The van der Waals surface area contributed by atoms with Gasteiger partial charge in [0.05, 0.1) is 7.11 Å². The molecule has 0 spiro atoms. The third-order valence-corrected chi connectivity index (χ3v) is 3.63. The third-order valence-electron chi connectivity index (χ3n) is 2.69. The van der Waals surface area contributed by atoms with Gasteiger partial charge in [-0.15, -0.1) is 0 Å². The topological polar surface area (TPSA) is 88.5 Å². The molecule has 0 saturated carbocycles. The highest BCUT2D eigenvalue weighted by molar-refractivity contribution is 8.15. The van der Waals surface area contributed by atoms with Gasteiger partial charge in [0.2, 0.25) is 5.91 Å². The van der Waals surface area contributed by atoms with E-state index in [2.05, 4.69) is 10.1 Å². The molecule has 7 heteroatoms. The molecule has 1 heterocycles. The summed E-state index contributed by atoms with van der Waals surface area (Å²) >= 11 is 1.18. The molecule has 0 aromatic rings. The molecule has 0 radical (unpaired) electrons. The lowest BCUT2D eigenvalue weighted by atomic mass is 10.1. The standard InChI is InChI=1S/C13H14N2O4S/c1-18-11(16)7-19-9-4-2-8(3-5-9)6-10-12(17)15-13(14)20-10/h2,4-6,10H,3,7H2,1H3,(H2,14,15,17). The molecule has 1 fully saturated rings. The summed E-state index contributed by atoms with van der Waals surface area (Å²) in [5.41, 5.74) is 0.970. The fourth-order valence-corrected chi connectivity index (χ4v) is 2.49. The van der Waals surface area contributed by atoms with Crippen LogP contribution in [-0.2, 0) is 19.1 Å². The average molecular weight is 294 g/mol. The first-order chi connectivity index (χ1) is 9.58. The molecular formula is C13H14N2O4S. The molecule has 0 aromatic carbocycles. The predicted molar refractivity (Wildman–Crippen MR) is 75.1 cm³/mol. The number of hydrogen-bond acceptors (Lipinski definition) is 6. The van der Waals surface area contributed by atoms with Crippen LogP contribution in [0, 0.1) is 5.41 Å². The number of thioether (sulfide) groups is 1. The summed E-state index contributed by atoms with van der Waals surface area (Å²) in [4.78, 5) is 22.4. The number of amidine groups is 1. The second-order valence-corrected chi connectivity index (χ2v) is 5.26. The summed E-state index contributed by atoms with van der Waals surface area (Å²) in [5.74, 6) is -0.000356. The number of methoxy groups -OCH3 is 1. The molecule has 1 aliphatic carbocycles. The largest absolute Gasteiger partial charge is 0.482 e.